The van der Waals surface area contributed by atoms with Gasteiger partial charge in [0.15, 0.2) is 0 Å². The molecule has 0 aliphatic heterocycles. The van der Waals surface area contributed by atoms with Gasteiger partial charge in [0.25, 0.3) is 0 Å². The van der Waals surface area contributed by atoms with E-state index in [0.717, 1.165) is 10.6 Å². The van der Waals surface area contributed by atoms with Crippen molar-refractivity contribution in [2.75, 3.05) is 0 Å². The molecular weight excluding hydrogens is 287 g/mol. The molecule has 0 saturated heterocycles. The van der Waals surface area contributed by atoms with Crippen LogP contribution < -0.4 is 5.32 Å². The molecule has 1 heterocycles. The summed E-state index contributed by atoms with van der Waals surface area (Å²) >= 11 is 13.6. The first kappa shape index (κ1) is 13.8. The summed E-state index contributed by atoms with van der Waals surface area (Å²) in [5, 5.41) is 7.73. The first-order chi connectivity index (χ1) is 8.58. The summed E-state index contributed by atoms with van der Waals surface area (Å²) in [5.74, 6) is 0. The van der Waals surface area contributed by atoms with Crippen LogP contribution in [0.4, 0.5) is 0 Å². The van der Waals surface area contributed by atoms with Crippen molar-refractivity contribution in [1.82, 2.24) is 10.3 Å². The van der Waals surface area contributed by atoms with Crippen molar-refractivity contribution in [1.29, 1.82) is 0 Å². The van der Waals surface area contributed by atoms with E-state index in [2.05, 4.69) is 24.1 Å². The van der Waals surface area contributed by atoms with Gasteiger partial charge in [0.1, 0.15) is 5.01 Å². The molecule has 0 spiro atoms. The van der Waals surface area contributed by atoms with Crippen LogP contribution in [0.25, 0.3) is 0 Å². The number of nitrogens with zero attached hydrogens (tertiary/aromatic N) is 1. The molecule has 0 saturated carbocycles. The van der Waals surface area contributed by atoms with Crippen molar-refractivity contribution in [2.24, 2.45) is 0 Å². The summed E-state index contributed by atoms with van der Waals surface area (Å²) in [7, 11) is 0. The zero-order valence-corrected chi connectivity index (χ0v) is 12.5. The number of halogens is 2. The van der Waals surface area contributed by atoms with Crippen molar-refractivity contribution in [2.45, 2.75) is 25.9 Å². The number of aromatic nitrogens is 1. The van der Waals surface area contributed by atoms with Gasteiger partial charge in [-0.1, -0.05) is 29.3 Å². The van der Waals surface area contributed by atoms with Crippen molar-refractivity contribution in [3.05, 3.63) is 50.4 Å². The SMILES string of the molecule is C[C@H](N[C@@H](C)c1nccs1)c1ccc(Cl)c(Cl)c1. The van der Waals surface area contributed by atoms with Gasteiger partial charge in [-0.05, 0) is 31.5 Å². The highest BCUT2D eigenvalue weighted by Gasteiger charge is 2.13. The molecule has 18 heavy (non-hydrogen) atoms. The van der Waals surface area contributed by atoms with E-state index in [0.29, 0.717) is 10.0 Å². The highest BCUT2D eigenvalue weighted by atomic mass is 35.5. The third kappa shape index (κ3) is 3.23. The van der Waals surface area contributed by atoms with Gasteiger partial charge in [0.05, 0.1) is 16.1 Å². The van der Waals surface area contributed by atoms with Crippen LogP contribution in [-0.4, -0.2) is 4.98 Å². The Hall–Kier alpha value is -0.610. The number of benzene rings is 1. The smallest absolute Gasteiger partial charge is 0.109 e. The molecular formula is C13H14Cl2N2S. The summed E-state index contributed by atoms with van der Waals surface area (Å²) < 4.78 is 0. The number of hydrogen-bond acceptors (Lipinski definition) is 3. The molecule has 0 aliphatic carbocycles. The topological polar surface area (TPSA) is 24.9 Å². The lowest BCUT2D eigenvalue weighted by atomic mass is 10.1. The molecule has 2 rings (SSSR count). The molecule has 1 N–H and O–H groups in total. The first-order valence-electron chi connectivity index (χ1n) is 5.68. The average Bonchev–Trinajstić information content (AvgIpc) is 2.86. The molecule has 5 heteroatoms. The van der Waals surface area contributed by atoms with E-state index >= 15 is 0 Å². The second kappa shape index (κ2) is 6.02. The van der Waals surface area contributed by atoms with Crippen LogP contribution in [0.2, 0.25) is 10.0 Å². The number of rotatable bonds is 4. The minimum atomic E-state index is 0.193. The largest absolute Gasteiger partial charge is 0.302 e. The van der Waals surface area contributed by atoms with Crippen LogP contribution >= 0.6 is 34.5 Å². The molecule has 0 unspecified atom stereocenters. The van der Waals surface area contributed by atoms with Gasteiger partial charge in [0.2, 0.25) is 0 Å². The molecule has 0 amide bonds. The van der Waals surface area contributed by atoms with Crippen LogP contribution in [0.3, 0.4) is 0 Å². The van der Waals surface area contributed by atoms with Crippen LogP contribution in [0.5, 0.6) is 0 Å². The standard InChI is InChI=1S/C13H14Cl2N2S/c1-8(10-3-4-11(14)12(15)7-10)17-9(2)13-16-5-6-18-13/h3-9,17H,1-2H3/t8-,9-/m0/s1. The molecule has 2 nitrogen and oxygen atoms in total. The fraction of sp³-hybridized carbons (Fsp3) is 0.308. The van der Waals surface area contributed by atoms with Crippen LogP contribution in [0, 0.1) is 0 Å². The van der Waals surface area contributed by atoms with Gasteiger partial charge in [-0.15, -0.1) is 11.3 Å². The maximum Gasteiger partial charge on any atom is 0.109 e. The van der Waals surface area contributed by atoms with E-state index in [1.54, 1.807) is 11.3 Å². The Morgan fingerprint density at radius 2 is 1.94 bits per heavy atom. The lowest BCUT2D eigenvalue weighted by molar-refractivity contribution is 0.493. The summed E-state index contributed by atoms with van der Waals surface area (Å²) in [6.45, 7) is 4.20. The van der Waals surface area contributed by atoms with E-state index in [9.17, 15) is 0 Å². The molecule has 1 aromatic carbocycles. The molecule has 2 aromatic rings. The lowest BCUT2D eigenvalue weighted by Crippen LogP contribution is -2.22. The Morgan fingerprint density at radius 1 is 1.17 bits per heavy atom. The molecule has 0 aliphatic rings. The highest BCUT2D eigenvalue weighted by molar-refractivity contribution is 7.09. The van der Waals surface area contributed by atoms with Gasteiger partial charge < -0.3 is 5.32 Å². The van der Waals surface area contributed by atoms with Crippen molar-refractivity contribution in [3.63, 3.8) is 0 Å². The Balaban J connectivity index is 2.07. The first-order valence-corrected chi connectivity index (χ1v) is 7.32. The summed E-state index contributed by atoms with van der Waals surface area (Å²) in [4.78, 5) is 4.30. The monoisotopic (exact) mass is 300 g/mol. The van der Waals surface area contributed by atoms with E-state index in [1.165, 1.54) is 0 Å². The molecule has 1 aromatic heterocycles. The highest BCUT2D eigenvalue weighted by Crippen LogP contribution is 2.27. The zero-order chi connectivity index (χ0) is 13.1. The van der Waals surface area contributed by atoms with Gasteiger partial charge in [-0.25, -0.2) is 4.98 Å². The molecule has 96 valence electrons. The second-order valence-electron chi connectivity index (χ2n) is 4.15. The van der Waals surface area contributed by atoms with Gasteiger partial charge >= 0.3 is 0 Å². The van der Waals surface area contributed by atoms with Crippen molar-refractivity contribution >= 4 is 34.5 Å². The second-order valence-corrected chi connectivity index (χ2v) is 5.89. The lowest BCUT2D eigenvalue weighted by Gasteiger charge is -2.19. The Morgan fingerprint density at radius 3 is 2.56 bits per heavy atom. The minimum Gasteiger partial charge on any atom is -0.302 e. The quantitative estimate of drug-likeness (QED) is 0.872. The predicted molar refractivity (Wildman–Crippen MR) is 78.5 cm³/mol. The van der Waals surface area contributed by atoms with Crippen LogP contribution in [0.15, 0.2) is 29.8 Å². The van der Waals surface area contributed by atoms with Gasteiger partial charge in [-0.2, -0.15) is 0 Å². The fourth-order valence-electron chi connectivity index (χ4n) is 1.77. The summed E-state index contributed by atoms with van der Waals surface area (Å²) in [6.07, 6.45) is 1.82. The number of thiazole rings is 1. The molecule has 0 radical (unpaired) electrons. The van der Waals surface area contributed by atoms with E-state index in [-0.39, 0.29) is 12.1 Å². The molecule has 2 atom stereocenters. The fourth-order valence-corrected chi connectivity index (χ4v) is 2.73. The zero-order valence-electron chi connectivity index (χ0n) is 10.2. The van der Waals surface area contributed by atoms with Crippen LogP contribution in [-0.2, 0) is 0 Å². The Labute approximate surface area is 121 Å². The summed E-state index contributed by atoms with van der Waals surface area (Å²) in [5.41, 5.74) is 1.12. The minimum absolute atomic E-state index is 0.193. The molecule has 0 bridgehead atoms. The Bertz CT molecular complexity index is 514. The maximum absolute atomic E-state index is 6.02. The maximum atomic E-state index is 6.02. The third-order valence-electron chi connectivity index (χ3n) is 2.77. The van der Waals surface area contributed by atoms with Gasteiger partial charge in [-0.3, -0.25) is 0 Å². The summed E-state index contributed by atoms with van der Waals surface area (Å²) in [6, 6.07) is 6.12. The Kier molecular flexibility index (Phi) is 4.62. The van der Waals surface area contributed by atoms with Crippen molar-refractivity contribution in [3.8, 4) is 0 Å². The van der Waals surface area contributed by atoms with Crippen molar-refractivity contribution < 1.29 is 0 Å². The van der Waals surface area contributed by atoms with E-state index in [1.807, 2.05) is 29.8 Å². The number of nitrogens with one attached hydrogen (secondary N) is 1. The van der Waals surface area contributed by atoms with Crippen LogP contribution in [0.1, 0.15) is 36.5 Å². The number of hydrogen-bond donors (Lipinski definition) is 1. The third-order valence-corrected chi connectivity index (χ3v) is 4.46. The predicted octanol–water partition coefficient (Wildman–Crippen LogP) is 4.86. The average molecular weight is 301 g/mol. The van der Waals surface area contributed by atoms with Gasteiger partial charge in [0, 0.05) is 17.6 Å². The normalized spacial score (nSPS) is 14.4. The van der Waals surface area contributed by atoms with E-state index < -0.39 is 0 Å². The molecule has 0 fully saturated rings. The van der Waals surface area contributed by atoms with E-state index in [4.69, 9.17) is 23.2 Å².